The zero-order valence-electron chi connectivity index (χ0n) is 14.6. The highest BCUT2D eigenvalue weighted by Gasteiger charge is 2.27. The standard InChI is InChI=1S/C14H26N4O6S2/c1-7(11(20)18-10(6-25)14(23)24)16-13(22)9(3-4-26-2)17-12(21)8(15)5-19/h7-10,19,25H,3-6,15H2,1-2H3,(H,16,22)(H,17,21)(H,18,20)(H,23,24). The molecule has 10 nitrogen and oxygen atoms in total. The lowest BCUT2D eigenvalue weighted by Gasteiger charge is -2.23. The van der Waals surface area contributed by atoms with E-state index in [1.165, 1.54) is 18.7 Å². The first kappa shape index (κ1) is 24.5. The van der Waals surface area contributed by atoms with Crippen molar-refractivity contribution in [2.24, 2.45) is 5.73 Å². The van der Waals surface area contributed by atoms with Crippen molar-refractivity contribution in [1.29, 1.82) is 0 Å². The van der Waals surface area contributed by atoms with Crippen LogP contribution in [0.5, 0.6) is 0 Å². The Kier molecular flexibility index (Phi) is 12.1. The number of rotatable bonds is 12. The molecule has 0 aliphatic heterocycles. The van der Waals surface area contributed by atoms with Gasteiger partial charge in [-0.3, -0.25) is 14.4 Å². The topological polar surface area (TPSA) is 171 Å². The highest BCUT2D eigenvalue weighted by Crippen LogP contribution is 2.02. The molecule has 4 atom stereocenters. The van der Waals surface area contributed by atoms with Crippen LogP contribution in [0.2, 0.25) is 0 Å². The molecular formula is C14H26N4O6S2. The Hall–Kier alpha value is -1.50. The number of hydrogen-bond donors (Lipinski definition) is 7. The van der Waals surface area contributed by atoms with Gasteiger partial charge in [-0.1, -0.05) is 0 Å². The van der Waals surface area contributed by atoms with Crippen LogP contribution in [0.4, 0.5) is 0 Å². The average molecular weight is 411 g/mol. The molecule has 150 valence electrons. The Morgan fingerprint density at radius 2 is 1.65 bits per heavy atom. The molecule has 0 rings (SSSR count). The maximum absolute atomic E-state index is 12.3. The van der Waals surface area contributed by atoms with Gasteiger partial charge in [0, 0.05) is 5.75 Å². The van der Waals surface area contributed by atoms with Crippen LogP contribution < -0.4 is 21.7 Å². The van der Waals surface area contributed by atoms with Crippen LogP contribution >= 0.6 is 24.4 Å². The zero-order valence-corrected chi connectivity index (χ0v) is 16.3. The molecule has 7 N–H and O–H groups in total. The van der Waals surface area contributed by atoms with E-state index in [0.29, 0.717) is 12.2 Å². The quantitative estimate of drug-likeness (QED) is 0.174. The van der Waals surface area contributed by atoms with Gasteiger partial charge < -0.3 is 31.9 Å². The third-order valence-corrected chi connectivity index (χ3v) is 4.34. The van der Waals surface area contributed by atoms with Crippen molar-refractivity contribution >= 4 is 48.1 Å². The largest absolute Gasteiger partial charge is 0.480 e. The van der Waals surface area contributed by atoms with Crippen LogP contribution in [0.15, 0.2) is 0 Å². The van der Waals surface area contributed by atoms with Crippen LogP contribution in [0.25, 0.3) is 0 Å². The molecule has 0 aromatic carbocycles. The molecule has 0 radical (unpaired) electrons. The Balaban J connectivity index is 4.86. The molecule has 0 saturated carbocycles. The average Bonchev–Trinajstić information content (AvgIpc) is 2.61. The van der Waals surface area contributed by atoms with Gasteiger partial charge in [0.15, 0.2) is 0 Å². The lowest BCUT2D eigenvalue weighted by atomic mass is 10.1. The summed E-state index contributed by atoms with van der Waals surface area (Å²) in [5, 5.41) is 24.9. The molecule has 0 aliphatic carbocycles. The molecule has 26 heavy (non-hydrogen) atoms. The fourth-order valence-corrected chi connectivity index (χ4v) is 2.45. The van der Waals surface area contributed by atoms with E-state index in [1.807, 2.05) is 6.26 Å². The lowest BCUT2D eigenvalue weighted by molar-refractivity contribution is -0.141. The first-order chi connectivity index (χ1) is 12.2. The number of nitrogens with two attached hydrogens (primary N) is 1. The van der Waals surface area contributed by atoms with E-state index in [9.17, 15) is 19.2 Å². The fraction of sp³-hybridized carbons (Fsp3) is 0.714. The molecule has 0 aromatic rings. The van der Waals surface area contributed by atoms with E-state index in [-0.39, 0.29) is 5.75 Å². The minimum absolute atomic E-state index is 0.104. The van der Waals surface area contributed by atoms with Crippen molar-refractivity contribution in [2.45, 2.75) is 37.5 Å². The number of carboxylic acid groups (broad SMARTS) is 1. The van der Waals surface area contributed by atoms with Crippen molar-refractivity contribution in [2.75, 3.05) is 24.4 Å². The summed E-state index contributed by atoms with van der Waals surface area (Å²) in [7, 11) is 0. The van der Waals surface area contributed by atoms with E-state index in [4.69, 9.17) is 15.9 Å². The second-order valence-electron chi connectivity index (χ2n) is 5.44. The molecule has 0 spiro atoms. The summed E-state index contributed by atoms with van der Waals surface area (Å²) in [6, 6.07) is -4.31. The van der Waals surface area contributed by atoms with Gasteiger partial charge in [-0.25, -0.2) is 4.79 Å². The van der Waals surface area contributed by atoms with Crippen LogP contribution in [-0.2, 0) is 19.2 Å². The van der Waals surface area contributed by atoms with E-state index in [0.717, 1.165) is 0 Å². The van der Waals surface area contributed by atoms with Gasteiger partial charge in [-0.2, -0.15) is 24.4 Å². The molecule has 0 aliphatic rings. The molecule has 0 heterocycles. The maximum atomic E-state index is 12.3. The molecule has 0 fully saturated rings. The first-order valence-corrected chi connectivity index (χ1v) is 9.80. The van der Waals surface area contributed by atoms with Crippen molar-refractivity contribution in [1.82, 2.24) is 16.0 Å². The Labute approximate surface area is 161 Å². The number of thiol groups is 1. The van der Waals surface area contributed by atoms with E-state index >= 15 is 0 Å². The van der Waals surface area contributed by atoms with Gasteiger partial charge in [-0.05, 0) is 25.4 Å². The number of amides is 3. The summed E-state index contributed by atoms with van der Waals surface area (Å²) >= 11 is 5.30. The van der Waals surface area contributed by atoms with Gasteiger partial charge in [0.2, 0.25) is 17.7 Å². The Bertz CT molecular complexity index is 508. The zero-order chi connectivity index (χ0) is 20.3. The number of hydrogen-bond acceptors (Lipinski definition) is 8. The summed E-state index contributed by atoms with van der Waals surface area (Å²) in [5.41, 5.74) is 5.42. The molecule has 0 aromatic heterocycles. The number of carbonyl (C=O) groups is 4. The van der Waals surface area contributed by atoms with Crippen molar-refractivity contribution in [3.63, 3.8) is 0 Å². The van der Waals surface area contributed by atoms with Crippen LogP contribution in [0, 0.1) is 0 Å². The number of aliphatic hydroxyl groups excluding tert-OH is 1. The summed E-state index contributed by atoms with van der Waals surface area (Å²) in [6.45, 7) is 0.819. The number of aliphatic hydroxyl groups is 1. The molecule has 3 amide bonds. The molecular weight excluding hydrogens is 384 g/mol. The van der Waals surface area contributed by atoms with Crippen LogP contribution in [-0.4, -0.2) is 82.4 Å². The number of carbonyl (C=O) groups excluding carboxylic acids is 3. The maximum Gasteiger partial charge on any atom is 0.327 e. The summed E-state index contributed by atoms with van der Waals surface area (Å²) < 4.78 is 0. The van der Waals surface area contributed by atoms with E-state index in [2.05, 4.69) is 28.6 Å². The third kappa shape index (κ3) is 8.74. The third-order valence-electron chi connectivity index (χ3n) is 3.33. The van der Waals surface area contributed by atoms with Crippen LogP contribution in [0.1, 0.15) is 13.3 Å². The van der Waals surface area contributed by atoms with Gasteiger partial charge in [0.05, 0.1) is 6.61 Å². The van der Waals surface area contributed by atoms with Gasteiger partial charge in [-0.15, -0.1) is 0 Å². The van der Waals surface area contributed by atoms with Crippen molar-refractivity contribution in [3.8, 4) is 0 Å². The summed E-state index contributed by atoms with van der Waals surface area (Å²) in [6.07, 6.45) is 2.12. The summed E-state index contributed by atoms with van der Waals surface area (Å²) in [4.78, 5) is 47.1. The minimum Gasteiger partial charge on any atom is -0.480 e. The predicted octanol–water partition coefficient (Wildman–Crippen LogP) is -2.45. The Morgan fingerprint density at radius 3 is 2.12 bits per heavy atom. The van der Waals surface area contributed by atoms with E-state index in [1.54, 1.807) is 0 Å². The molecule has 0 saturated heterocycles. The van der Waals surface area contributed by atoms with E-state index < -0.39 is 54.5 Å². The number of thioether (sulfide) groups is 1. The highest BCUT2D eigenvalue weighted by atomic mass is 32.2. The monoisotopic (exact) mass is 410 g/mol. The predicted molar refractivity (Wildman–Crippen MR) is 101 cm³/mol. The molecule has 0 bridgehead atoms. The SMILES string of the molecule is CSCCC(NC(=O)C(N)CO)C(=O)NC(C)C(=O)NC(CS)C(=O)O. The Morgan fingerprint density at radius 1 is 1.08 bits per heavy atom. The normalized spacial score (nSPS) is 15.3. The van der Waals surface area contributed by atoms with Crippen molar-refractivity contribution < 1.29 is 29.4 Å². The van der Waals surface area contributed by atoms with Gasteiger partial charge >= 0.3 is 5.97 Å². The fourth-order valence-electron chi connectivity index (χ4n) is 1.73. The molecule has 4 unspecified atom stereocenters. The van der Waals surface area contributed by atoms with Gasteiger partial charge in [0.1, 0.15) is 24.2 Å². The summed E-state index contributed by atoms with van der Waals surface area (Å²) in [5.74, 6) is -2.78. The van der Waals surface area contributed by atoms with Crippen molar-refractivity contribution in [3.05, 3.63) is 0 Å². The minimum atomic E-state index is -1.24. The smallest absolute Gasteiger partial charge is 0.327 e. The second-order valence-corrected chi connectivity index (χ2v) is 6.79. The first-order valence-electron chi connectivity index (χ1n) is 7.78. The second kappa shape index (κ2) is 12.8. The number of aliphatic carboxylic acids is 1. The molecule has 12 heteroatoms. The van der Waals surface area contributed by atoms with Crippen LogP contribution in [0.3, 0.4) is 0 Å². The lowest BCUT2D eigenvalue weighted by Crippen LogP contribution is -2.57. The number of carboxylic acids is 1. The van der Waals surface area contributed by atoms with Gasteiger partial charge in [0.25, 0.3) is 0 Å². The highest BCUT2D eigenvalue weighted by molar-refractivity contribution is 7.98. The number of nitrogens with one attached hydrogen (secondary N) is 3.